The summed E-state index contributed by atoms with van der Waals surface area (Å²) in [4.78, 5) is 33.1. The van der Waals surface area contributed by atoms with Gasteiger partial charge in [-0.15, -0.1) is 0 Å². The van der Waals surface area contributed by atoms with Crippen LogP contribution in [0.15, 0.2) is 24.3 Å². The maximum Gasteiger partial charge on any atom is 0.326 e. The van der Waals surface area contributed by atoms with E-state index in [9.17, 15) is 14.4 Å². The molecule has 0 aliphatic rings. The molecule has 21 heavy (non-hydrogen) atoms. The number of hydrogen-bond donors (Lipinski definition) is 4. The summed E-state index contributed by atoms with van der Waals surface area (Å²) in [7, 11) is 0. The molecule has 1 rings (SSSR count). The molecule has 1 atom stereocenters. The monoisotopic (exact) mass is 314 g/mol. The minimum atomic E-state index is -1.23. The van der Waals surface area contributed by atoms with Crippen LogP contribution in [0.2, 0.25) is 5.02 Å². The van der Waals surface area contributed by atoms with Crippen molar-refractivity contribution in [3.05, 3.63) is 29.3 Å². The van der Waals surface area contributed by atoms with Gasteiger partial charge in [0.1, 0.15) is 6.04 Å². The number of anilines is 1. The van der Waals surface area contributed by atoms with Gasteiger partial charge in [0.05, 0.1) is 10.7 Å². The highest BCUT2D eigenvalue weighted by Crippen LogP contribution is 2.20. The number of halogens is 1. The van der Waals surface area contributed by atoms with Crippen LogP contribution in [0.1, 0.15) is 19.3 Å². The molecule has 0 spiro atoms. The first-order chi connectivity index (χ1) is 9.90. The van der Waals surface area contributed by atoms with Crippen molar-refractivity contribution in [3.8, 4) is 0 Å². The van der Waals surface area contributed by atoms with Crippen molar-refractivity contribution >= 4 is 35.3 Å². The lowest BCUT2D eigenvalue weighted by Crippen LogP contribution is -2.43. The van der Waals surface area contributed by atoms with Crippen LogP contribution in [0.3, 0.4) is 0 Å². The van der Waals surface area contributed by atoms with Gasteiger partial charge in [-0.25, -0.2) is 9.59 Å². The highest BCUT2D eigenvalue weighted by atomic mass is 35.5. The number of amides is 2. The molecule has 0 saturated carbocycles. The third kappa shape index (κ3) is 6.13. The molecule has 114 valence electrons. The first kappa shape index (κ1) is 16.8. The largest absolute Gasteiger partial charge is 0.481 e. The molecule has 2 amide bonds. The second-order valence-electron chi connectivity index (χ2n) is 4.26. The number of carboxylic acid groups (broad SMARTS) is 2. The van der Waals surface area contributed by atoms with Crippen molar-refractivity contribution < 1.29 is 24.6 Å². The molecular weight excluding hydrogens is 300 g/mol. The van der Waals surface area contributed by atoms with E-state index in [2.05, 4.69) is 10.6 Å². The first-order valence-electron chi connectivity index (χ1n) is 6.17. The number of benzene rings is 1. The van der Waals surface area contributed by atoms with Crippen LogP contribution in [0.5, 0.6) is 0 Å². The maximum absolute atomic E-state index is 11.7. The Bertz CT molecular complexity index is 535. The van der Waals surface area contributed by atoms with Crippen LogP contribution in [0.25, 0.3) is 0 Å². The minimum absolute atomic E-state index is 0.0254. The van der Waals surface area contributed by atoms with Crippen LogP contribution >= 0.6 is 11.6 Å². The quantitative estimate of drug-likeness (QED) is 0.615. The second-order valence-corrected chi connectivity index (χ2v) is 4.66. The number of carbonyl (C=O) groups excluding carboxylic acids is 1. The van der Waals surface area contributed by atoms with Crippen molar-refractivity contribution in [2.75, 3.05) is 5.32 Å². The zero-order valence-corrected chi connectivity index (χ0v) is 11.8. The summed E-state index contributed by atoms with van der Waals surface area (Å²) in [5.41, 5.74) is 0.353. The Morgan fingerprint density at radius 1 is 1.19 bits per heavy atom. The predicted octanol–water partition coefficient (Wildman–Crippen LogP) is 2.17. The zero-order valence-electron chi connectivity index (χ0n) is 11.0. The molecule has 0 unspecified atom stereocenters. The summed E-state index contributed by atoms with van der Waals surface area (Å²) in [6, 6.07) is 4.64. The molecular formula is C13H15ClN2O5. The molecule has 1 aromatic rings. The molecule has 1 aromatic carbocycles. The molecule has 4 N–H and O–H groups in total. The number of rotatable bonds is 7. The fraction of sp³-hybridized carbons (Fsp3) is 0.308. The maximum atomic E-state index is 11.7. The van der Waals surface area contributed by atoms with Crippen molar-refractivity contribution in [2.24, 2.45) is 0 Å². The number of hydrogen-bond acceptors (Lipinski definition) is 3. The van der Waals surface area contributed by atoms with Crippen molar-refractivity contribution in [2.45, 2.75) is 25.3 Å². The van der Waals surface area contributed by atoms with Gasteiger partial charge in [0, 0.05) is 6.42 Å². The summed E-state index contributed by atoms with van der Waals surface area (Å²) >= 11 is 5.86. The summed E-state index contributed by atoms with van der Waals surface area (Å²) in [6.45, 7) is 0. The molecule has 0 aromatic heterocycles. The third-order valence-electron chi connectivity index (χ3n) is 2.61. The predicted molar refractivity (Wildman–Crippen MR) is 76.5 cm³/mol. The van der Waals surface area contributed by atoms with E-state index in [0.29, 0.717) is 10.7 Å². The van der Waals surface area contributed by atoms with Crippen LogP contribution < -0.4 is 10.6 Å². The van der Waals surface area contributed by atoms with E-state index in [-0.39, 0.29) is 19.3 Å². The fourth-order valence-electron chi connectivity index (χ4n) is 1.59. The van der Waals surface area contributed by atoms with Gasteiger partial charge in [-0.3, -0.25) is 4.79 Å². The Morgan fingerprint density at radius 3 is 2.43 bits per heavy atom. The van der Waals surface area contributed by atoms with Gasteiger partial charge in [-0.05, 0) is 25.0 Å². The van der Waals surface area contributed by atoms with E-state index >= 15 is 0 Å². The Labute approximate surface area is 125 Å². The van der Waals surface area contributed by atoms with Crippen LogP contribution in [-0.2, 0) is 9.59 Å². The van der Waals surface area contributed by atoms with Gasteiger partial charge in [0.2, 0.25) is 0 Å². The third-order valence-corrected chi connectivity index (χ3v) is 2.94. The Hall–Kier alpha value is -2.28. The Balaban J connectivity index is 2.54. The normalized spacial score (nSPS) is 11.5. The van der Waals surface area contributed by atoms with E-state index in [4.69, 9.17) is 21.8 Å². The van der Waals surface area contributed by atoms with E-state index in [1.54, 1.807) is 24.3 Å². The molecule has 0 aliphatic carbocycles. The number of nitrogens with one attached hydrogen (secondary N) is 2. The summed E-state index contributed by atoms with van der Waals surface area (Å²) in [6.07, 6.45) is 0.0217. The fourth-order valence-corrected chi connectivity index (χ4v) is 1.78. The average molecular weight is 315 g/mol. The van der Waals surface area contributed by atoms with Gasteiger partial charge in [0.15, 0.2) is 0 Å². The van der Waals surface area contributed by atoms with Gasteiger partial charge in [-0.1, -0.05) is 23.7 Å². The molecule has 0 fully saturated rings. The molecule has 0 saturated heterocycles. The Morgan fingerprint density at radius 2 is 1.86 bits per heavy atom. The number of aliphatic carboxylic acids is 2. The van der Waals surface area contributed by atoms with Gasteiger partial charge in [0.25, 0.3) is 0 Å². The van der Waals surface area contributed by atoms with Crippen molar-refractivity contribution in [1.82, 2.24) is 5.32 Å². The van der Waals surface area contributed by atoms with Gasteiger partial charge in [-0.2, -0.15) is 0 Å². The van der Waals surface area contributed by atoms with E-state index < -0.39 is 24.0 Å². The summed E-state index contributed by atoms with van der Waals surface area (Å²) in [5.74, 6) is -2.24. The van der Waals surface area contributed by atoms with Crippen molar-refractivity contribution in [1.29, 1.82) is 0 Å². The Kier molecular flexibility index (Phi) is 6.48. The topological polar surface area (TPSA) is 116 Å². The number of urea groups is 1. The second kappa shape index (κ2) is 8.11. The zero-order chi connectivity index (χ0) is 15.8. The average Bonchev–Trinajstić information content (AvgIpc) is 2.39. The molecule has 0 heterocycles. The highest BCUT2D eigenvalue weighted by molar-refractivity contribution is 6.33. The van der Waals surface area contributed by atoms with Gasteiger partial charge < -0.3 is 20.8 Å². The van der Waals surface area contributed by atoms with E-state index in [1.807, 2.05) is 0 Å². The number of para-hydroxylation sites is 1. The summed E-state index contributed by atoms with van der Waals surface area (Å²) < 4.78 is 0. The van der Waals surface area contributed by atoms with Crippen LogP contribution in [0.4, 0.5) is 10.5 Å². The SMILES string of the molecule is O=C(O)CCC[C@@H](NC(=O)Nc1ccccc1Cl)C(=O)O. The van der Waals surface area contributed by atoms with Crippen LogP contribution in [0, 0.1) is 0 Å². The first-order valence-corrected chi connectivity index (χ1v) is 6.54. The highest BCUT2D eigenvalue weighted by Gasteiger charge is 2.20. The van der Waals surface area contributed by atoms with Crippen LogP contribution in [-0.4, -0.2) is 34.2 Å². The smallest absolute Gasteiger partial charge is 0.326 e. The molecule has 0 aliphatic heterocycles. The molecule has 0 radical (unpaired) electrons. The number of carboxylic acids is 2. The van der Waals surface area contributed by atoms with Gasteiger partial charge >= 0.3 is 18.0 Å². The minimum Gasteiger partial charge on any atom is -0.481 e. The molecule has 7 nitrogen and oxygen atoms in total. The van der Waals surface area contributed by atoms with E-state index in [0.717, 1.165) is 0 Å². The summed E-state index contributed by atoms with van der Waals surface area (Å²) in [5, 5.41) is 22.5. The van der Waals surface area contributed by atoms with Crippen molar-refractivity contribution in [3.63, 3.8) is 0 Å². The number of carbonyl (C=O) groups is 3. The van der Waals surface area contributed by atoms with E-state index in [1.165, 1.54) is 0 Å². The molecule has 8 heteroatoms. The standard InChI is InChI=1S/C13H15ClN2O5/c14-8-4-1-2-5-9(8)15-13(21)16-10(12(19)20)6-3-7-11(17)18/h1-2,4-5,10H,3,6-7H2,(H,17,18)(H,19,20)(H2,15,16,21)/t10-/m1/s1. The lowest BCUT2D eigenvalue weighted by atomic mass is 10.1. The molecule has 0 bridgehead atoms. The lowest BCUT2D eigenvalue weighted by Gasteiger charge is -2.15. The lowest BCUT2D eigenvalue weighted by molar-refractivity contribution is -0.140.